The number of para-hydroxylation sites is 2. The van der Waals surface area contributed by atoms with Gasteiger partial charge in [-0.25, -0.2) is 4.98 Å². The number of hydrogen-bond acceptors (Lipinski definition) is 4. The van der Waals surface area contributed by atoms with Crippen LogP contribution in [0.15, 0.2) is 89.8 Å². The van der Waals surface area contributed by atoms with Gasteiger partial charge in [0.25, 0.3) is 0 Å². The van der Waals surface area contributed by atoms with Crippen molar-refractivity contribution in [3.8, 4) is 5.75 Å². The number of hydrogen-bond donors (Lipinski definition) is 1. The number of rotatable bonds is 9. The molecule has 0 amide bonds. The zero-order chi connectivity index (χ0) is 29.4. The summed E-state index contributed by atoms with van der Waals surface area (Å²) in [5.41, 5.74) is 2.80. The van der Waals surface area contributed by atoms with E-state index < -0.39 is 16.9 Å². The van der Waals surface area contributed by atoms with E-state index in [4.69, 9.17) is 21.3 Å². The van der Waals surface area contributed by atoms with E-state index in [1.807, 2.05) is 72.8 Å². The zero-order valence-corrected chi connectivity index (χ0v) is 25.6. The van der Waals surface area contributed by atoms with Crippen molar-refractivity contribution in [1.82, 2.24) is 9.55 Å². The van der Waals surface area contributed by atoms with Gasteiger partial charge in [0, 0.05) is 32.5 Å². The van der Waals surface area contributed by atoms with Crippen LogP contribution < -0.4 is 4.74 Å². The molecule has 212 valence electrons. The van der Waals surface area contributed by atoms with Gasteiger partial charge < -0.3 is 14.4 Å². The first-order valence-corrected chi connectivity index (χ1v) is 14.9. The zero-order valence-electron chi connectivity index (χ0n) is 24.0. The van der Waals surface area contributed by atoms with Gasteiger partial charge in [0.15, 0.2) is 0 Å². The lowest BCUT2D eigenvalue weighted by molar-refractivity contribution is -0.146. The van der Waals surface area contributed by atoms with Gasteiger partial charge in [-0.05, 0) is 37.6 Å². The van der Waals surface area contributed by atoms with Gasteiger partial charge in [0.05, 0.1) is 22.1 Å². The van der Waals surface area contributed by atoms with Gasteiger partial charge >= 0.3 is 5.97 Å². The van der Waals surface area contributed by atoms with Gasteiger partial charge in [-0.3, -0.25) is 4.79 Å². The lowest BCUT2D eigenvalue weighted by Gasteiger charge is -2.26. The number of fused-ring (bicyclic) bond motifs is 2. The van der Waals surface area contributed by atoms with Crippen molar-refractivity contribution in [2.24, 2.45) is 5.41 Å². The lowest BCUT2D eigenvalue weighted by Crippen LogP contribution is -2.28. The third kappa shape index (κ3) is 6.24. The van der Waals surface area contributed by atoms with Crippen LogP contribution in [-0.4, -0.2) is 25.4 Å². The van der Waals surface area contributed by atoms with Crippen LogP contribution in [0.5, 0.6) is 5.75 Å². The molecule has 2 aromatic heterocycles. The highest BCUT2D eigenvalue weighted by Crippen LogP contribution is 2.47. The largest absolute Gasteiger partial charge is 0.485 e. The predicted octanol–water partition coefficient (Wildman–Crippen LogP) is 9.10. The maximum Gasteiger partial charge on any atom is 0.309 e. The predicted molar refractivity (Wildman–Crippen MR) is 169 cm³/mol. The summed E-state index contributed by atoms with van der Waals surface area (Å²) < 4.78 is 8.44. The molecule has 5 aromatic rings. The molecular weight excluding hydrogens is 552 g/mol. The Kier molecular flexibility index (Phi) is 8.09. The highest BCUT2D eigenvalue weighted by atomic mass is 35.5. The number of carbonyl (C=O) groups is 1. The second-order valence-electron chi connectivity index (χ2n) is 11.9. The summed E-state index contributed by atoms with van der Waals surface area (Å²) in [7, 11) is 0. The van der Waals surface area contributed by atoms with Crippen LogP contribution in [0.3, 0.4) is 0 Å². The summed E-state index contributed by atoms with van der Waals surface area (Å²) in [6.07, 6.45) is 0.303. The minimum absolute atomic E-state index is 0.123. The van der Waals surface area contributed by atoms with Crippen LogP contribution in [-0.2, 0) is 17.8 Å². The number of carboxylic acid groups (broad SMARTS) is 1. The second-order valence-corrected chi connectivity index (χ2v) is 14.2. The number of halogens is 1. The quantitative estimate of drug-likeness (QED) is 0.138. The maximum atomic E-state index is 12.3. The maximum absolute atomic E-state index is 12.3. The van der Waals surface area contributed by atoms with Gasteiger partial charge in [0.1, 0.15) is 17.9 Å². The average molecular weight is 587 g/mol. The normalized spacial score (nSPS) is 13.0. The van der Waals surface area contributed by atoms with Crippen LogP contribution in [0.1, 0.15) is 57.1 Å². The van der Waals surface area contributed by atoms with Gasteiger partial charge in [-0.2, -0.15) is 0 Å². The average Bonchev–Trinajstić information content (AvgIpc) is 3.23. The van der Waals surface area contributed by atoms with E-state index in [0.717, 1.165) is 43.7 Å². The number of aliphatic carboxylic acids is 1. The number of aromatic nitrogens is 2. The molecule has 5 nitrogen and oxygen atoms in total. The van der Waals surface area contributed by atoms with Crippen LogP contribution in [0, 0.1) is 5.41 Å². The van der Waals surface area contributed by atoms with Crippen molar-refractivity contribution in [3.63, 3.8) is 0 Å². The lowest BCUT2D eigenvalue weighted by atomic mass is 9.88. The molecule has 0 radical (unpaired) electrons. The molecule has 1 unspecified atom stereocenters. The first kappa shape index (κ1) is 29.0. The highest BCUT2D eigenvalue weighted by molar-refractivity contribution is 8.00. The second kappa shape index (κ2) is 11.4. The Morgan fingerprint density at radius 2 is 1.66 bits per heavy atom. The number of benzene rings is 3. The van der Waals surface area contributed by atoms with Crippen molar-refractivity contribution in [1.29, 1.82) is 0 Å². The van der Waals surface area contributed by atoms with E-state index in [9.17, 15) is 9.90 Å². The third-order valence-corrected chi connectivity index (χ3v) is 8.69. The Hall–Kier alpha value is -3.48. The molecule has 0 spiro atoms. The summed E-state index contributed by atoms with van der Waals surface area (Å²) in [4.78, 5) is 18.1. The van der Waals surface area contributed by atoms with Crippen molar-refractivity contribution in [2.75, 3.05) is 0 Å². The Labute approximate surface area is 250 Å². The van der Waals surface area contributed by atoms with Crippen molar-refractivity contribution in [3.05, 3.63) is 102 Å². The number of carboxylic acids is 1. The molecule has 41 heavy (non-hydrogen) atoms. The van der Waals surface area contributed by atoms with Gasteiger partial charge in [-0.15, -0.1) is 11.8 Å². The number of ether oxygens (including phenoxy) is 1. The molecule has 5 rings (SSSR count). The van der Waals surface area contributed by atoms with E-state index in [1.165, 1.54) is 0 Å². The van der Waals surface area contributed by atoms with Crippen molar-refractivity contribution < 1.29 is 14.6 Å². The monoisotopic (exact) mass is 586 g/mol. The Morgan fingerprint density at radius 3 is 2.37 bits per heavy atom. The molecule has 0 aliphatic heterocycles. The van der Waals surface area contributed by atoms with E-state index in [0.29, 0.717) is 12.2 Å². The van der Waals surface area contributed by atoms with E-state index in [-0.39, 0.29) is 11.4 Å². The minimum Gasteiger partial charge on any atom is -0.485 e. The third-order valence-electron chi connectivity index (χ3n) is 6.97. The topological polar surface area (TPSA) is 64.3 Å². The molecule has 0 aliphatic rings. The summed E-state index contributed by atoms with van der Waals surface area (Å²) in [5, 5.41) is 12.2. The van der Waals surface area contributed by atoms with Crippen molar-refractivity contribution >= 4 is 51.1 Å². The highest BCUT2D eigenvalue weighted by Gasteiger charge is 2.35. The SMILES string of the molecule is CC(C)(C)Sc1c(CC(C)(C)C(=O)O)n(C(Cl)c2ccccc2)c2c(OCc3ccc4ccccc4n3)cccc12. The number of nitrogens with zero attached hydrogens (tertiary/aromatic N) is 2. The summed E-state index contributed by atoms with van der Waals surface area (Å²) in [6, 6.07) is 27.9. The first-order valence-electron chi connectivity index (χ1n) is 13.7. The molecule has 0 bridgehead atoms. The smallest absolute Gasteiger partial charge is 0.309 e. The summed E-state index contributed by atoms with van der Waals surface area (Å²) >= 11 is 9.03. The number of alkyl halides is 1. The number of pyridine rings is 1. The van der Waals surface area contributed by atoms with E-state index in [1.54, 1.807) is 25.6 Å². The standard InChI is InChI=1S/C34H35ClN2O3S/c1-33(2,3)41-30-25-15-11-17-28(40-21-24-19-18-22-12-9-10-16-26(22)36-24)29(25)37(27(30)20-34(4,5)32(38)39)31(35)23-13-7-6-8-14-23/h6-19,31H,20-21H2,1-5H3,(H,38,39). The molecule has 1 atom stereocenters. The molecule has 0 fully saturated rings. The van der Waals surface area contributed by atoms with E-state index in [2.05, 4.69) is 37.5 Å². The fourth-order valence-corrected chi connectivity index (χ4v) is 6.44. The molecular formula is C34H35ClN2O3S. The molecule has 0 aliphatic carbocycles. The fourth-order valence-electron chi connectivity index (χ4n) is 4.90. The molecule has 3 aromatic carbocycles. The fraction of sp³-hybridized carbons (Fsp3) is 0.294. The minimum atomic E-state index is -1.01. The number of thioether (sulfide) groups is 1. The molecule has 7 heteroatoms. The molecule has 1 N–H and O–H groups in total. The summed E-state index contributed by atoms with van der Waals surface area (Å²) in [6.45, 7) is 10.3. The van der Waals surface area contributed by atoms with E-state index >= 15 is 0 Å². The molecule has 2 heterocycles. The Balaban J connectivity index is 1.70. The van der Waals surface area contributed by atoms with Gasteiger partial charge in [-0.1, -0.05) is 99.1 Å². The summed E-state index contributed by atoms with van der Waals surface area (Å²) in [5.74, 6) is -0.181. The van der Waals surface area contributed by atoms with Crippen LogP contribution in [0.2, 0.25) is 0 Å². The Bertz CT molecular complexity index is 1710. The Morgan fingerprint density at radius 1 is 0.951 bits per heavy atom. The van der Waals surface area contributed by atoms with Crippen LogP contribution >= 0.6 is 23.4 Å². The van der Waals surface area contributed by atoms with Crippen LogP contribution in [0.4, 0.5) is 0 Å². The van der Waals surface area contributed by atoms with Gasteiger partial charge in [0.2, 0.25) is 0 Å². The first-order chi connectivity index (χ1) is 19.4. The van der Waals surface area contributed by atoms with Crippen LogP contribution in [0.25, 0.3) is 21.8 Å². The molecule has 0 saturated heterocycles. The van der Waals surface area contributed by atoms with Crippen molar-refractivity contribution in [2.45, 2.75) is 62.8 Å². The molecule has 0 saturated carbocycles.